The van der Waals surface area contributed by atoms with Gasteiger partial charge in [0.2, 0.25) is 0 Å². The zero-order chi connectivity index (χ0) is 12.7. The third kappa shape index (κ3) is 4.69. The molecule has 0 heterocycles. The van der Waals surface area contributed by atoms with Crippen molar-refractivity contribution in [3.05, 3.63) is 48.3 Å². The number of rotatable bonds is 4. The Hall–Kier alpha value is -1.82. The van der Waals surface area contributed by atoms with Crippen LogP contribution in [0.25, 0.3) is 0 Å². The summed E-state index contributed by atoms with van der Waals surface area (Å²) in [5, 5.41) is 3.91. The predicted molar refractivity (Wildman–Crippen MR) is 68.1 cm³/mol. The average Bonchev–Trinajstić information content (AvgIpc) is 2.34. The highest BCUT2D eigenvalue weighted by Gasteiger charge is 2.04. The van der Waals surface area contributed by atoms with Gasteiger partial charge in [-0.3, -0.25) is 4.79 Å². The monoisotopic (exact) mass is 253 g/mol. The quantitative estimate of drug-likeness (QED) is 0.371. The van der Waals surface area contributed by atoms with Crippen molar-refractivity contribution < 1.29 is 9.18 Å². The van der Waals surface area contributed by atoms with Crippen molar-refractivity contribution >= 4 is 22.8 Å². The van der Waals surface area contributed by atoms with E-state index in [0.29, 0.717) is 11.3 Å². The van der Waals surface area contributed by atoms with Gasteiger partial charge in [-0.1, -0.05) is 17.8 Å². The summed E-state index contributed by atoms with van der Waals surface area (Å²) >= 11 is 1.25. The lowest BCUT2D eigenvalue weighted by Crippen LogP contribution is -2.21. The normalized spacial score (nSPS) is 11.0. The summed E-state index contributed by atoms with van der Waals surface area (Å²) in [5.41, 5.74) is 8.09. The Morgan fingerprint density at radius 1 is 1.53 bits per heavy atom. The Labute approximate surface area is 103 Å². The van der Waals surface area contributed by atoms with E-state index in [0.717, 1.165) is 0 Å². The predicted octanol–water partition coefficient (Wildman–Crippen LogP) is 1.70. The molecule has 0 atom stereocenters. The molecule has 1 aromatic carbocycles. The number of carbonyl (C=O) groups is 1. The van der Waals surface area contributed by atoms with Crippen LogP contribution in [-0.2, 0) is 0 Å². The summed E-state index contributed by atoms with van der Waals surface area (Å²) in [6.45, 7) is 3.53. The summed E-state index contributed by atoms with van der Waals surface area (Å²) in [7, 11) is 0. The van der Waals surface area contributed by atoms with E-state index in [2.05, 4.69) is 17.1 Å². The maximum Gasteiger partial charge on any atom is 0.271 e. The lowest BCUT2D eigenvalue weighted by Gasteiger charge is -2.01. The summed E-state index contributed by atoms with van der Waals surface area (Å²) in [6, 6.07) is 5.14. The van der Waals surface area contributed by atoms with Crippen molar-refractivity contribution in [3.63, 3.8) is 0 Å². The van der Waals surface area contributed by atoms with E-state index in [4.69, 9.17) is 5.73 Å². The third-order valence-electron chi connectivity index (χ3n) is 1.72. The van der Waals surface area contributed by atoms with Gasteiger partial charge in [0.25, 0.3) is 5.91 Å². The molecular weight excluding hydrogens is 241 g/mol. The number of hydrazone groups is 1. The van der Waals surface area contributed by atoms with E-state index in [1.807, 2.05) is 0 Å². The fourth-order valence-electron chi connectivity index (χ4n) is 0.948. The first-order chi connectivity index (χ1) is 8.13. The molecule has 0 unspecified atom stereocenters. The fraction of sp³-hybridized carbons (Fsp3) is 0.0909. The number of carbonyl (C=O) groups excluding carboxylic acids is 1. The van der Waals surface area contributed by atoms with Gasteiger partial charge in [-0.25, -0.2) is 9.82 Å². The Balaban J connectivity index is 2.54. The van der Waals surface area contributed by atoms with Crippen molar-refractivity contribution in [3.8, 4) is 0 Å². The van der Waals surface area contributed by atoms with Crippen LogP contribution in [0.5, 0.6) is 0 Å². The maximum atomic E-state index is 12.6. The van der Waals surface area contributed by atoms with Gasteiger partial charge in [0, 0.05) is 11.3 Å². The van der Waals surface area contributed by atoms with E-state index in [-0.39, 0.29) is 5.17 Å². The Bertz CT molecular complexity index is 431. The highest BCUT2D eigenvalue weighted by atomic mass is 32.2. The number of amidine groups is 1. The topological polar surface area (TPSA) is 67.5 Å². The molecule has 0 aliphatic carbocycles. The van der Waals surface area contributed by atoms with Crippen LogP contribution in [0.4, 0.5) is 4.39 Å². The summed E-state index contributed by atoms with van der Waals surface area (Å²) in [6.07, 6.45) is 1.68. The maximum absolute atomic E-state index is 12.6. The van der Waals surface area contributed by atoms with Crippen LogP contribution < -0.4 is 11.2 Å². The van der Waals surface area contributed by atoms with Gasteiger partial charge in [0.05, 0.1) is 0 Å². The second-order valence-electron chi connectivity index (χ2n) is 3.00. The molecule has 0 aliphatic heterocycles. The molecule has 0 fully saturated rings. The minimum atomic E-state index is -0.438. The molecule has 1 aromatic rings. The Morgan fingerprint density at radius 2 is 2.18 bits per heavy atom. The fourth-order valence-corrected chi connectivity index (χ4v) is 1.35. The third-order valence-corrected chi connectivity index (χ3v) is 2.51. The average molecular weight is 253 g/mol. The molecule has 1 amide bonds. The van der Waals surface area contributed by atoms with Crippen molar-refractivity contribution in [2.24, 2.45) is 10.8 Å². The highest BCUT2D eigenvalue weighted by molar-refractivity contribution is 8.13. The van der Waals surface area contributed by atoms with Crippen LogP contribution >= 0.6 is 11.8 Å². The molecule has 6 heteroatoms. The van der Waals surface area contributed by atoms with Crippen LogP contribution in [0.2, 0.25) is 0 Å². The second kappa shape index (κ2) is 6.70. The summed E-state index contributed by atoms with van der Waals surface area (Å²) in [5.74, 6) is -0.222. The lowest BCUT2D eigenvalue weighted by atomic mass is 10.2. The van der Waals surface area contributed by atoms with Crippen LogP contribution in [0.15, 0.2) is 42.0 Å². The van der Waals surface area contributed by atoms with E-state index in [9.17, 15) is 9.18 Å². The number of benzene rings is 1. The first-order valence-corrected chi connectivity index (χ1v) is 5.75. The Morgan fingerprint density at radius 3 is 2.76 bits per heavy atom. The highest BCUT2D eigenvalue weighted by Crippen LogP contribution is 2.03. The van der Waals surface area contributed by atoms with E-state index in [1.165, 1.54) is 36.0 Å². The van der Waals surface area contributed by atoms with Crippen molar-refractivity contribution in [1.82, 2.24) is 5.43 Å². The van der Waals surface area contributed by atoms with Crippen LogP contribution in [0.3, 0.4) is 0 Å². The second-order valence-corrected chi connectivity index (χ2v) is 4.04. The van der Waals surface area contributed by atoms with Crippen LogP contribution in [-0.4, -0.2) is 16.8 Å². The first-order valence-electron chi connectivity index (χ1n) is 4.76. The number of halogens is 1. The standard InChI is InChI=1S/C11H12FN3OS/c1-2-7-17-11(13)15-14-10(16)8-3-5-9(12)6-4-8/h2-6H,1,7H2,(H2,13,15)(H,14,16). The molecule has 0 bridgehead atoms. The van der Waals surface area contributed by atoms with Crippen LogP contribution in [0.1, 0.15) is 10.4 Å². The van der Waals surface area contributed by atoms with Gasteiger partial charge in [-0.2, -0.15) is 0 Å². The lowest BCUT2D eigenvalue weighted by molar-refractivity contribution is 0.0955. The number of amides is 1. The zero-order valence-corrected chi connectivity index (χ0v) is 9.84. The van der Waals surface area contributed by atoms with Crippen molar-refractivity contribution in [2.75, 3.05) is 5.75 Å². The first kappa shape index (κ1) is 13.2. The molecule has 90 valence electrons. The van der Waals surface area contributed by atoms with Gasteiger partial charge in [-0.05, 0) is 24.3 Å². The molecule has 1 rings (SSSR count). The molecule has 0 spiro atoms. The molecule has 4 nitrogen and oxygen atoms in total. The Kier molecular flexibility index (Phi) is 5.22. The van der Waals surface area contributed by atoms with Crippen molar-refractivity contribution in [2.45, 2.75) is 0 Å². The largest absolute Gasteiger partial charge is 0.377 e. The summed E-state index contributed by atoms with van der Waals surface area (Å²) < 4.78 is 12.6. The molecule has 0 saturated heterocycles. The minimum absolute atomic E-state index is 0.236. The van der Waals surface area contributed by atoms with Gasteiger partial charge >= 0.3 is 0 Å². The summed E-state index contributed by atoms with van der Waals surface area (Å²) in [4.78, 5) is 11.5. The molecule has 0 aromatic heterocycles. The SMILES string of the molecule is C=CCS/C(N)=N/NC(=O)c1ccc(F)cc1. The zero-order valence-electron chi connectivity index (χ0n) is 9.02. The number of hydrogen-bond acceptors (Lipinski definition) is 3. The molecule has 3 N–H and O–H groups in total. The number of nitrogens with one attached hydrogen (secondary N) is 1. The molecule has 17 heavy (non-hydrogen) atoms. The smallest absolute Gasteiger partial charge is 0.271 e. The van der Waals surface area contributed by atoms with Crippen molar-refractivity contribution in [1.29, 1.82) is 0 Å². The number of nitrogens with zero attached hydrogens (tertiary/aromatic N) is 1. The van der Waals surface area contributed by atoms with Gasteiger partial charge in [0.1, 0.15) is 5.82 Å². The van der Waals surface area contributed by atoms with E-state index in [1.54, 1.807) is 6.08 Å². The number of hydrogen-bond donors (Lipinski definition) is 2. The van der Waals surface area contributed by atoms with E-state index >= 15 is 0 Å². The minimum Gasteiger partial charge on any atom is -0.377 e. The van der Waals surface area contributed by atoms with Gasteiger partial charge < -0.3 is 5.73 Å². The molecular formula is C11H12FN3OS. The van der Waals surface area contributed by atoms with Gasteiger partial charge in [0.15, 0.2) is 5.17 Å². The van der Waals surface area contributed by atoms with E-state index < -0.39 is 11.7 Å². The van der Waals surface area contributed by atoms with Gasteiger partial charge in [-0.15, -0.1) is 11.7 Å². The number of nitrogens with two attached hydrogens (primary N) is 1. The molecule has 0 aliphatic rings. The molecule has 0 saturated carbocycles. The molecule has 0 radical (unpaired) electrons. The number of thioether (sulfide) groups is 1. The van der Waals surface area contributed by atoms with Crippen LogP contribution in [0, 0.1) is 5.82 Å².